The number of hydrogen-bond acceptors (Lipinski definition) is 2. The molecule has 0 aromatic carbocycles. The third-order valence-corrected chi connectivity index (χ3v) is 1.09. The standard InChI is InChI=1S/C8H14N2/c1-5-8(7(3)4)10-9-6-2/h5-7,9H,1-2H2,3-4H3/b10-8+. The van der Waals surface area contributed by atoms with Crippen LogP contribution in [0, 0.1) is 5.92 Å². The molecule has 0 aliphatic carbocycles. The summed E-state index contributed by atoms with van der Waals surface area (Å²) >= 11 is 0. The number of nitrogens with one attached hydrogen (secondary N) is 1. The van der Waals surface area contributed by atoms with Crippen LogP contribution >= 0.6 is 0 Å². The molecule has 0 radical (unpaired) electrons. The molecule has 0 atom stereocenters. The first-order chi connectivity index (χ1) is 4.72. The monoisotopic (exact) mass is 138 g/mol. The summed E-state index contributed by atoms with van der Waals surface area (Å²) in [5.41, 5.74) is 3.61. The topological polar surface area (TPSA) is 24.4 Å². The lowest BCUT2D eigenvalue weighted by Crippen LogP contribution is -2.08. The third kappa shape index (κ3) is 3.07. The van der Waals surface area contributed by atoms with Crippen molar-refractivity contribution in [3.8, 4) is 0 Å². The minimum atomic E-state index is 0.407. The predicted octanol–water partition coefficient (Wildman–Crippen LogP) is 1.92. The lowest BCUT2D eigenvalue weighted by atomic mass is 10.1. The zero-order chi connectivity index (χ0) is 7.98. The lowest BCUT2D eigenvalue weighted by Gasteiger charge is -2.02. The molecule has 0 saturated carbocycles. The number of hydrogen-bond donors (Lipinski definition) is 1. The van der Waals surface area contributed by atoms with Crippen molar-refractivity contribution in [2.75, 3.05) is 0 Å². The SMILES string of the molecule is C=CN/N=C(\C=C)C(C)C. The molecule has 1 N–H and O–H groups in total. The van der Waals surface area contributed by atoms with E-state index in [0.717, 1.165) is 5.71 Å². The van der Waals surface area contributed by atoms with E-state index >= 15 is 0 Å². The first-order valence-corrected chi connectivity index (χ1v) is 3.28. The molecule has 0 aromatic rings. The Morgan fingerprint density at radius 3 is 2.40 bits per heavy atom. The first-order valence-electron chi connectivity index (χ1n) is 3.28. The highest BCUT2D eigenvalue weighted by Crippen LogP contribution is 1.96. The van der Waals surface area contributed by atoms with Gasteiger partial charge in [0.05, 0.1) is 5.71 Å². The second-order valence-electron chi connectivity index (χ2n) is 2.23. The van der Waals surface area contributed by atoms with Crippen LogP contribution in [0.5, 0.6) is 0 Å². The van der Waals surface area contributed by atoms with Gasteiger partial charge < -0.3 is 0 Å². The summed E-state index contributed by atoms with van der Waals surface area (Å²) < 4.78 is 0. The van der Waals surface area contributed by atoms with Gasteiger partial charge in [0.25, 0.3) is 0 Å². The summed E-state index contributed by atoms with van der Waals surface area (Å²) in [6.45, 7) is 11.2. The van der Waals surface area contributed by atoms with Gasteiger partial charge in [-0.3, -0.25) is 5.43 Å². The van der Waals surface area contributed by atoms with Crippen LogP contribution in [-0.4, -0.2) is 5.71 Å². The second-order valence-corrected chi connectivity index (χ2v) is 2.23. The molecule has 0 aromatic heterocycles. The smallest absolute Gasteiger partial charge is 0.0626 e. The van der Waals surface area contributed by atoms with Gasteiger partial charge in [-0.15, -0.1) is 0 Å². The summed E-state index contributed by atoms with van der Waals surface area (Å²) in [6.07, 6.45) is 3.27. The second kappa shape index (κ2) is 4.79. The number of nitrogens with zero attached hydrogens (tertiary/aromatic N) is 1. The van der Waals surface area contributed by atoms with E-state index in [1.807, 2.05) is 0 Å². The maximum absolute atomic E-state index is 3.99. The van der Waals surface area contributed by atoms with E-state index in [9.17, 15) is 0 Å². The molecule has 0 saturated heterocycles. The predicted molar refractivity (Wildman–Crippen MR) is 45.8 cm³/mol. The fourth-order valence-electron chi connectivity index (χ4n) is 0.531. The Labute approximate surface area is 62.3 Å². The van der Waals surface area contributed by atoms with Gasteiger partial charge in [-0.1, -0.05) is 27.0 Å². The van der Waals surface area contributed by atoms with Crippen LogP contribution in [0.2, 0.25) is 0 Å². The van der Waals surface area contributed by atoms with Crippen LogP contribution < -0.4 is 5.43 Å². The summed E-state index contributed by atoms with van der Waals surface area (Å²) in [4.78, 5) is 0. The van der Waals surface area contributed by atoms with Gasteiger partial charge in [-0.2, -0.15) is 5.10 Å². The first kappa shape index (κ1) is 8.95. The lowest BCUT2D eigenvalue weighted by molar-refractivity contribution is 0.854. The molecule has 0 amide bonds. The molecular formula is C8H14N2. The summed E-state index contributed by atoms with van der Waals surface area (Å²) in [5, 5.41) is 3.99. The van der Waals surface area contributed by atoms with E-state index in [0.29, 0.717) is 5.92 Å². The molecule has 0 unspecified atom stereocenters. The van der Waals surface area contributed by atoms with Gasteiger partial charge in [0.1, 0.15) is 0 Å². The van der Waals surface area contributed by atoms with Crippen molar-refractivity contribution in [2.45, 2.75) is 13.8 Å². The molecular weight excluding hydrogens is 124 g/mol. The van der Waals surface area contributed by atoms with E-state index < -0.39 is 0 Å². The normalized spacial score (nSPS) is 11.3. The summed E-state index contributed by atoms with van der Waals surface area (Å²) in [6, 6.07) is 0. The highest BCUT2D eigenvalue weighted by Gasteiger charge is 1.97. The van der Waals surface area contributed by atoms with Crippen molar-refractivity contribution < 1.29 is 0 Å². The Morgan fingerprint density at radius 2 is 2.10 bits per heavy atom. The zero-order valence-electron chi connectivity index (χ0n) is 6.59. The minimum absolute atomic E-state index is 0.407. The van der Waals surface area contributed by atoms with Gasteiger partial charge in [0.2, 0.25) is 0 Å². The highest BCUT2D eigenvalue weighted by molar-refractivity contribution is 5.95. The van der Waals surface area contributed by atoms with Crippen LogP contribution in [0.25, 0.3) is 0 Å². The van der Waals surface area contributed by atoms with E-state index in [2.05, 4.69) is 37.5 Å². The van der Waals surface area contributed by atoms with Crippen molar-refractivity contribution >= 4 is 5.71 Å². The Kier molecular flexibility index (Phi) is 4.29. The van der Waals surface area contributed by atoms with Crippen LogP contribution in [0.15, 0.2) is 30.5 Å². The van der Waals surface area contributed by atoms with Crippen molar-refractivity contribution in [3.05, 3.63) is 25.4 Å². The van der Waals surface area contributed by atoms with Crippen LogP contribution in [0.1, 0.15) is 13.8 Å². The maximum atomic E-state index is 3.99. The van der Waals surface area contributed by atoms with Gasteiger partial charge >= 0.3 is 0 Å². The maximum Gasteiger partial charge on any atom is 0.0626 e. The Balaban J connectivity index is 4.03. The van der Waals surface area contributed by atoms with E-state index in [-0.39, 0.29) is 0 Å². The average Bonchev–Trinajstić information content (AvgIpc) is 1.89. The number of hydrazone groups is 1. The van der Waals surface area contributed by atoms with E-state index in [1.165, 1.54) is 6.20 Å². The molecule has 0 bridgehead atoms. The summed E-state index contributed by atoms with van der Waals surface area (Å²) in [7, 11) is 0. The quantitative estimate of drug-likeness (QED) is 0.466. The average molecular weight is 138 g/mol. The van der Waals surface area contributed by atoms with E-state index in [4.69, 9.17) is 0 Å². The molecule has 0 heterocycles. The Bertz CT molecular complexity index is 145. The molecule has 2 heteroatoms. The molecule has 10 heavy (non-hydrogen) atoms. The summed E-state index contributed by atoms with van der Waals surface area (Å²) in [5.74, 6) is 0.407. The van der Waals surface area contributed by atoms with Crippen LogP contribution in [0.4, 0.5) is 0 Å². The van der Waals surface area contributed by atoms with Crippen LogP contribution in [0.3, 0.4) is 0 Å². The Morgan fingerprint density at radius 1 is 1.50 bits per heavy atom. The molecule has 0 aliphatic heterocycles. The fraction of sp³-hybridized carbons (Fsp3) is 0.375. The highest BCUT2D eigenvalue weighted by atomic mass is 15.3. The molecule has 0 aliphatic rings. The molecule has 56 valence electrons. The van der Waals surface area contributed by atoms with Crippen molar-refractivity contribution in [1.82, 2.24) is 5.43 Å². The van der Waals surface area contributed by atoms with Crippen molar-refractivity contribution in [1.29, 1.82) is 0 Å². The number of rotatable bonds is 4. The minimum Gasteiger partial charge on any atom is -0.286 e. The van der Waals surface area contributed by atoms with E-state index in [1.54, 1.807) is 6.08 Å². The molecule has 0 spiro atoms. The van der Waals surface area contributed by atoms with Gasteiger partial charge in [-0.05, 0) is 12.0 Å². The van der Waals surface area contributed by atoms with Gasteiger partial charge in [-0.25, -0.2) is 0 Å². The van der Waals surface area contributed by atoms with Crippen molar-refractivity contribution in [3.63, 3.8) is 0 Å². The largest absolute Gasteiger partial charge is 0.286 e. The van der Waals surface area contributed by atoms with Crippen molar-refractivity contribution in [2.24, 2.45) is 11.0 Å². The van der Waals surface area contributed by atoms with Crippen LogP contribution in [-0.2, 0) is 0 Å². The fourth-order valence-corrected chi connectivity index (χ4v) is 0.531. The van der Waals surface area contributed by atoms with Gasteiger partial charge in [0.15, 0.2) is 0 Å². The molecule has 2 nitrogen and oxygen atoms in total. The Hall–Kier alpha value is -1.05. The number of allylic oxidation sites excluding steroid dienone is 1. The molecule has 0 rings (SSSR count). The zero-order valence-corrected chi connectivity index (χ0v) is 6.59. The third-order valence-electron chi connectivity index (χ3n) is 1.09. The molecule has 0 fully saturated rings. The van der Waals surface area contributed by atoms with Gasteiger partial charge in [0, 0.05) is 6.20 Å².